The molecule has 5 nitrogen and oxygen atoms in total. The van der Waals surface area contributed by atoms with Gasteiger partial charge in [0.2, 0.25) is 0 Å². The Morgan fingerprint density at radius 2 is 1.86 bits per heavy atom. The summed E-state index contributed by atoms with van der Waals surface area (Å²) in [4.78, 5) is 21.4. The molecule has 0 fully saturated rings. The lowest BCUT2D eigenvalue weighted by molar-refractivity contribution is 0.776. The van der Waals surface area contributed by atoms with Crippen molar-refractivity contribution < 1.29 is 0 Å². The van der Waals surface area contributed by atoms with Crippen LogP contribution >= 0.6 is 0 Å². The summed E-state index contributed by atoms with van der Waals surface area (Å²) in [5.74, 6) is 0.148. The molecule has 0 amide bonds. The van der Waals surface area contributed by atoms with E-state index in [1.807, 2.05) is 39.8 Å². The van der Waals surface area contributed by atoms with Crippen LogP contribution in [0.5, 0.6) is 0 Å². The van der Waals surface area contributed by atoms with Crippen molar-refractivity contribution in [3.63, 3.8) is 0 Å². The molecule has 0 spiro atoms. The van der Waals surface area contributed by atoms with Crippen LogP contribution in [0, 0.1) is 13.8 Å². The number of nitrogens with zero attached hydrogens (tertiary/aromatic N) is 3. The van der Waals surface area contributed by atoms with Gasteiger partial charge in [0.05, 0.1) is 0 Å². The number of nitrogens with one attached hydrogen (secondary N) is 1. The predicted molar refractivity (Wildman–Crippen MR) is 82.6 cm³/mol. The Kier molecular flexibility index (Phi) is 3.12. The van der Waals surface area contributed by atoms with Gasteiger partial charge < -0.3 is 0 Å². The van der Waals surface area contributed by atoms with E-state index in [-0.39, 0.29) is 11.5 Å². The standard InChI is InChI=1S/C16H18N4O/c1-9(2)13-10(3)18-15-14(12-5-7-17-8-6-12)11(4)19-20(15)16(13)21/h5-9,19H,1-4H3. The largest absolute Gasteiger partial charge is 0.293 e. The lowest BCUT2D eigenvalue weighted by atomic mass is 10.0. The van der Waals surface area contributed by atoms with E-state index < -0.39 is 0 Å². The molecule has 0 aromatic carbocycles. The van der Waals surface area contributed by atoms with E-state index in [9.17, 15) is 4.79 Å². The number of aromatic amines is 1. The summed E-state index contributed by atoms with van der Waals surface area (Å²) in [5.41, 5.74) is 5.09. The highest BCUT2D eigenvalue weighted by Crippen LogP contribution is 2.26. The Balaban J connectivity index is 2.40. The first-order valence-corrected chi connectivity index (χ1v) is 7.03. The molecule has 0 bridgehead atoms. The first-order chi connectivity index (χ1) is 10.0. The molecule has 0 unspecified atom stereocenters. The summed E-state index contributed by atoms with van der Waals surface area (Å²) < 4.78 is 1.55. The lowest BCUT2D eigenvalue weighted by Gasteiger charge is -2.08. The van der Waals surface area contributed by atoms with Crippen molar-refractivity contribution in [1.29, 1.82) is 0 Å². The van der Waals surface area contributed by atoms with Crippen LogP contribution in [-0.4, -0.2) is 19.6 Å². The number of hydrogen-bond donors (Lipinski definition) is 1. The molecule has 3 aromatic rings. The predicted octanol–water partition coefficient (Wildman–Crippen LogP) is 2.82. The zero-order valence-corrected chi connectivity index (χ0v) is 12.6. The van der Waals surface area contributed by atoms with Gasteiger partial charge in [-0.2, -0.15) is 0 Å². The molecular formula is C16H18N4O. The molecule has 21 heavy (non-hydrogen) atoms. The number of pyridine rings is 1. The monoisotopic (exact) mass is 282 g/mol. The van der Waals surface area contributed by atoms with E-state index in [4.69, 9.17) is 0 Å². The minimum atomic E-state index is -0.0177. The van der Waals surface area contributed by atoms with E-state index in [1.54, 1.807) is 16.9 Å². The molecule has 0 aliphatic rings. The summed E-state index contributed by atoms with van der Waals surface area (Å²) in [7, 11) is 0. The second-order valence-electron chi connectivity index (χ2n) is 5.58. The fourth-order valence-electron chi connectivity index (χ4n) is 2.83. The third-order valence-corrected chi connectivity index (χ3v) is 3.73. The Hall–Kier alpha value is -2.43. The van der Waals surface area contributed by atoms with Gasteiger partial charge in [0, 0.05) is 34.9 Å². The van der Waals surface area contributed by atoms with Crippen LogP contribution in [0.15, 0.2) is 29.3 Å². The number of fused-ring (bicyclic) bond motifs is 1. The molecule has 5 heteroatoms. The molecular weight excluding hydrogens is 264 g/mol. The molecule has 0 aliphatic carbocycles. The van der Waals surface area contributed by atoms with Gasteiger partial charge in [-0.25, -0.2) is 9.50 Å². The summed E-state index contributed by atoms with van der Waals surface area (Å²) >= 11 is 0. The van der Waals surface area contributed by atoms with Crippen LogP contribution in [0.4, 0.5) is 0 Å². The van der Waals surface area contributed by atoms with Gasteiger partial charge >= 0.3 is 0 Å². The maximum atomic E-state index is 12.7. The molecule has 108 valence electrons. The van der Waals surface area contributed by atoms with E-state index in [2.05, 4.69) is 15.1 Å². The average Bonchev–Trinajstić information content (AvgIpc) is 2.76. The van der Waals surface area contributed by atoms with Crippen molar-refractivity contribution in [1.82, 2.24) is 19.6 Å². The molecule has 0 aliphatic heterocycles. The summed E-state index contributed by atoms with van der Waals surface area (Å²) in [5, 5.41) is 3.14. The van der Waals surface area contributed by atoms with Crippen LogP contribution < -0.4 is 5.56 Å². The quantitative estimate of drug-likeness (QED) is 0.786. The van der Waals surface area contributed by atoms with Crippen LogP contribution in [-0.2, 0) is 0 Å². The molecule has 3 heterocycles. The van der Waals surface area contributed by atoms with Crippen molar-refractivity contribution in [2.45, 2.75) is 33.6 Å². The highest BCUT2D eigenvalue weighted by molar-refractivity contribution is 5.79. The Morgan fingerprint density at radius 3 is 2.48 bits per heavy atom. The molecule has 3 aromatic heterocycles. The van der Waals surface area contributed by atoms with Gasteiger partial charge in [-0.3, -0.25) is 14.9 Å². The fourth-order valence-corrected chi connectivity index (χ4v) is 2.83. The first-order valence-electron chi connectivity index (χ1n) is 7.03. The number of H-pyrrole nitrogens is 1. The van der Waals surface area contributed by atoms with E-state index >= 15 is 0 Å². The second kappa shape index (κ2) is 4.84. The summed E-state index contributed by atoms with van der Waals surface area (Å²) in [6, 6.07) is 3.85. The third kappa shape index (κ3) is 2.05. The number of rotatable bonds is 2. The van der Waals surface area contributed by atoms with E-state index in [0.717, 1.165) is 28.1 Å². The maximum absolute atomic E-state index is 12.7. The highest BCUT2D eigenvalue weighted by Gasteiger charge is 2.18. The van der Waals surface area contributed by atoms with Crippen molar-refractivity contribution in [3.05, 3.63) is 51.8 Å². The van der Waals surface area contributed by atoms with Crippen molar-refractivity contribution >= 4 is 5.65 Å². The number of hydrogen-bond acceptors (Lipinski definition) is 3. The fraction of sp³-hybridized carbons (Fsp3) is 0.312. The van der Waals surface area contributed by atoms with Crippen LogP contribution in [0.1, 0.15) is 36.7 Å². The normalized spacial score (nSPS) is 11.5. The van der Waals surface area contributed by atoms with Gasteiger partial charge in [-0.05, 0) is 37.5 Å². The molecule has 0 saturated carbocycles. The highest BCUT2D eigenvalue weighted by atomic mass is 16.1. The number of aryl methyl sites for hydroxylation is 2. The zero-order chi connectivity index (χ0) is 15.1. The number of aromatic nitrogens is 4. The van der Waals surface area contributed by atoms with Gasteiger partial charge in [-0.15, -0.1) is 0 Å². The molecule has 0 radical (unpaired) electrons. The molecule has 3 rings (SSSR count). The van der Waals surface area contributed by atoms with Gasteiger partial charge in [0.15, 0.2) is 5.65 Å². The minimum Gasteiger partial charge on any atom is -0.293 e. The minimum absolute atomic E-state index is 0.0177. The van der Waals surface area contributed by atoms with Gasteiger partial charge in [0.25, 0.3) is 5.56 Å². The summed E-state index contributed by atoms with van der Waals surface area (Å²) in [6.07, 6.45) is 3.48. The molecule has 0 saturated heterocycles. The maximum Gasteiger partial charge on any atom is 0.276 e. The smallest absolute Gasteiger partial charge is 0.276 e. The van der Waals surface area contributed by atoms with Crippen molar-refractivity contribution in [2.24, 2.45) is 0 Å². The van der Waals surface area contributed by atoms with Crippen LogP contribution in [0.25, 0.3) is 16.8 Å². The molecule has 0 atom stereocenters. The zero-order valence-electron chi connectivity index (χ0n) is 12.6. The Labute approximate surface area is 122 Å². The van der Waals surface area contributed by atoms with Crippen LogP contribution in [0.2, 0.25) is 0 Å². The Bertz CT molecular complexity index is 859. The van der Waals surface area contributed by atoms with Crippen LogP contribution in [0.3, 0.4) is 0 Å². The van der Waals surface area contributed by atoms with E-state index in [0.29, 0.717) is 5.65 Å². The topological polar surface area (TPSA) is 63.1 Å². The second-order valence-corrected chi connectivity index (χ2v) is 5.58. The average molecular weight is 282 g/mol. The molecule has 1 N–H and O–H groups in total. The van der Waals surface area contributed by atoms with Crippen molar-refractivity contribution in [2.75, 3.05) is 0 Å². The SMILES string of the molecule is Cc1nc2c(-c3ccncc3)c(C)[nH]n2c(=O)c1C(C)C. The summed E-state index contributed by atoms with van der Waals surface area (Å²) in [6.45, 7) is 7.87. The van der Waals surface area contributed by atoms with Gasteiger partial charge in [-0.1, -0.05) is 13.8 Å². The lowest BCUT2D eigenvalue weighted by Crippen LogP contribution is -2.22. The van der Waals surface area contributed by atoms with Gasteiger partial charge in [0.1, 0.15) is 0 Å². The van der Waals surface area contributed by atoms with Crippen molar-refractivity contribution in [3.8, 4) is 11.1 Å². The first kappa shape index (κ1) is 13.5. The third-order valence-electron chi connectivity index (χ3n) is 3.73. The van der Waals surface area contributed by atoms with E-state index in [1.165, 1.54) is 0 Å². The Morgan fingerprint density at radius 1 is 1.19 bits per heavy atom.